The molecule has 1 aliphatic carbocycles. The highest BCUT2D eigenvalue weighted by Crippen LogP contribution is 2.21. The molecule has 1 fully saturated rings. The lowest BCUT2D eigenvalue weighted by atomic mass is 9.94. The van der Waals surface area contributed by atoms with Gasteiger partial charge in [0.2, 0.25) is 5.91 Å². The average Bonchev–Trinajstić information content (AvgIpc) is 2.47. The second-order valence-electron chi connectivity index (χ2n) is 5.81. The van der Waals surface area contributed by atoms with E-state index in [2.05, 4.69) is 0 Å². The zero-order valence-corrected chi connectivity index (χ0v) is 13.8. The predicted octanol–water partition coefficient (Wildman–Crippen LogP) is 2.05. The number of rotatable bonds is 8. The van der Waals surface area contributed by atoms with Crippen molar-refractivity contribution in [1.82, 2.24) is 9.80 Å². The quantitative estimate of drug-likeness (QED) is 0.644. The van der Waals surface area contributed by atoms with Crippen LogP contribution in [0.3, 0.4) is 0 Å². The molecule has 0 aromatic heterocycles. The maximum Gasteiger partial charge on any atom is 0.320 e. The number of hydrogen-bond acceptors (Lipinski definition) is 4. The first kappa shape index (κ1) is 18.0. The summed E-state index contributed by atoms with van der Waals surface area (Å²) in [6.45, 7) is 5.47. The highest BCUT2D eigenvalue weighted by molar-refractivity contribution is 5.79. The fourth-order valence-corrected chi connectivity index (χ4v) is 2.89. The molecule has 21 heavy (non-hydrogen) atoms. The maximum atomic E-state index is 12.4. The molecule has 0 saturated heterocycles. The van der Waals surface area contributed by atoms with E-state index in [1.54, 1.807) is 6.92 Å². The van der Waals surface area contributed by atoms with Gasteiger partial charge in [-0.05, 0) is 32.7 Å². The summed E-state index contributed by atoms with van der Waals surface area (Å²) < 4.78 is 4.97. The van der Waals surface area contributed by atoms with Crippen LogP contribution in [0.5, 0.6) is 0 Å². The van der Waals surface area contributed by atoms with Crippen molar-refractivity contribution in [3.63, 3.8) is 0 Å². The molecule has 0 spiro atoms. The van der Waals surface area contributed by atoms with Gasteiger partial charge in [-0.25, -0.2) is 0 Å². The van der Waals surface area contributed by atoms with Crippen molar-refractivity contribution in [1.29, 1.82) is 0 Å². The molecule has 122 valence electrons. The van der Waals surface area contributed by atoms with Gasteiger partial charge in [0.25, 0.3) is 0 Å². The molecule has 0 N–H and O–H groups in total. The fourth-order valence-electron chi connectivity index (χ4n) is 2.89. The minimum atomic E-state index is -0.251. The van der Waals surface area contributed by atoms with Crippen LogP contribution < -0.4 is 0 Å². The van der Waals surface area contributed by atoms with Crippen LogP contribution in [0.25, 0.3) is 0 Å². The molecule has 0 heterocycles. The van der Waals surface area contributed by atoms with E-state index in [1.165, 1.54) is 19.3 Å². The van der Waals surface area contributed by atoms with Crippen LogP contribution in [0, 0.1) is 0 Å². The third-order valence-electron chi connectivity index (χ3n) is 4.07. The molecule has 0 radical (unpaired) electrons. The molecule has 0 aliphatic heterocycles. The van der Waals surface area contributed by atoms with Crippen LogP contribution in [-0.2, 0) is 14.3 Å². The van der Waals surface area contributed by atoms with Gasteiger partial charge in [0.1, 0.15) is 0 Å². The fraction of sp³-hybridized carbons (Fsp3) is 0.875. The van der Waals surface area contributed by atoms with E-state index in [0.29, 0.717) is 19.2 Å². The highest BCUT2D eigenvalue weighted by atomic mass is 16.5. The maximum absolute atomic E-state index is 12.4. The van der Waals surface area contributed by atoms with Crippen LogP contribution in [0.1, 0.15) is 52.4 Å². The third-order valence-corrected chi connectivity index (χ3v) is 4.07. The zero-order chi connectivity index (χ0) is 15.7. The summed E-state index contributed by atoms with van der Waals surface area (Å²) in [6.07, 6.45) is 6.83. The smallest absolute Gasteiger partial charge is 0.320 e. The number of likely N-dealkylation sites (N-methyl/N-ethyl adjacent to an activating group) is 1. The number of carbonyl (C=O) groups excluding carboxylic acids is 2. The third kappa shape index (κ3) is 6.46. The molecule has 0 bridgehead atoms. The van der Waals surface area contributed by atoms with Gasteiger partial charge in [-0.1, -0.05) is 26.2 Å². The van der Waals surface area contributed by atoms with Crippen LogP contribution in [0.4, 0.5) is 0 Å². The van der Waals surface area contributed by atoms with Crippen LogP contribution >= 0.6 is 0 Å². The van der Waals surface area contributed by atoms with E-state index in [1.807, 2.05) is 23.8 Å². The number of nitrogens with zero attached hydrogens (tertiary/aromatic N) is 2. The topological polar surface area (TPSA) is 49.9 Å². The molecule has 5 nitrogen and oxygen atoms in total. The number of amides is 1. The van der Waals surface area contributed by atoms with Crippen LogP contribution in [-0.4, -0.2) is 61.0 Å². The standard InChI is InChI=1S/C16H30N2O3/c1-4-11-18(13-16(20)21-5-2)12-15(19)17(3)14-9-7-6-8-10-14/h14H,4-13H2,1-3H3. The van der Waals surface area contributed by atoms with E-state index < -0.39 is 0 Å². The first-order valence-corrected chi connectivity index (χ1v) is 8.22. The first-order valence-electron chi connectivity index (χ1n) is 8.22. The van der Waals surface area contributed by atoms with Gasteiger partial charge < -0.3 is 9.64 Å². The molecular formula is C16H30N2O3. The summed E-state index contributed by atoms with van der Waals surface area (Å²) in [4.78, 5) is 27.8. The summed E-state index contributed by atoms with van der Waals surface area (Å²) in [7, 11) is 1.90. The molecule has 0 aromatic carbocycles. The number of ether oxygens (including phenoxy) is 1. The van der Waals surface area contributed by atoms with Crippen molar-refractivity contribution in [2.24, 2.45) is 0 Å². The predicted molar refractivity (Wildman–Crippen MR) is 83.0 cm³/mol. The Morgan fingerprint density at radius 2 is 1.76 bits per heavy atom. The molecule has 0 unspecified atom stereocenters. The molecule has 1 rings (SSSR count). The average molecular weight is 298 g/mol. The molecule has 5 heteroatoms. The van der Waals surface area contributed by atoms with Crippen LogP contribution in [0.15, 0.2) is 0 Å². The SMILES string of the molecule is CCCN(CC(=O)OCC)CC(=O)N(C)C1CCCCC1. The second-order valence-corrected chi connectivity index (χ2v) is 5.81. The lowest BCUT2D eigenvalue weighted by Gasteiger charge is -2.32. The summed E-state index contributed by atoms with van der Waals surface area (Å²) in [5.41, 5.74) is 0. The Hall–Kier alpha value is -1.10. The van der Waals surface area contributed by atoms with Crippen LogP contribution in [0.2, 0.25) is 0 Å². The monoisotopic (exact) mass is 298 g/mol. The minimum absolute atomic E-state index is 0.111. The van der Waals surface area contributed by atoms with Gasteiger partial charge in [-0.2, -0.15) is 0 Å². The van der Waals surface area contributed by atoms with Crippen molar-refractivity contribution < 1.29 is 14.3 Å². The summed E-state index contributed by atoms with van der Waals surface area (Å²) in [5, 5.41) is 0. The number of hydrogen-bond donors (Lipinski definition) is 0. The number of carbonyl (C=O) groups is 2. The van der Waals surface area contributed by atoms with E-state index in [4.69, 9.17) is 4.74 Å². The Labute approximate surface area is 128 Å². The number of esters is 1. The van der Waals surface area contributed by atoms with Gasteiger partial charge in [-0.15, -0.1) is 0 Å². The van der Waals surface area contributed by atoms with E-state index in [9.17, 15) is 9.59 Å². The van der Waals surface area contributed by atoms with Gasteiger partial charge in [0, 0.05) is 13.1 Å². The molecule has 1 aliphatic rings. The molecule has 0 atom stereocenters. The summed E-state index contributed by atoms with van der Waals surface area (Å²) in [6, 6.07) is 0.373. The van der Waals surface area contributed by atoms with Crippen molar-refractivity contribution in [3.8, 4) is 0 Å². The lowest BCUT2D eigenvalue weighted by Crippen LogP contribution is -2.45. The minimum Gasteiger partial charge on any atom is -0.465 e. The van der Waals surface area contributed by atoms with Crippen molar-refractivity contribution in [3.05, 3.63) is 0 Å². The highest BCUT2D eigenvalue weighted by Gasteiger charge is 2.24. The first-order chi connectivity index (χ1) is 10.1. The van der Waals surface area contributed by atoms with E-state index in [-0.39, 0.29) is 18.4 Å². The largest absolute Gasteiger partial charge is 0.465 e. The Kier molecular flexibility index (Phi) is 8.35. The molecule has 1 amide bonds. The lowest BCUT2D eigenvalue weighted by molar-refractivity contribution is -0.145. The molecule has 0 aromatic rings. The van der Waals surface area contributed by atoms with Crippen molar-refractivity contribution >= 4 is 11.9 Å². The van der Waals surface area contributed by atoms with Crippen molar-refractivity contribution in [2.45, 2.75) is 58.4 Å². The van der Waals surface area contributed by atoms with E-state index >= 15 is 0 Å². The summed E-state index contributed by atoms with van der Waals surface area (Å²) in [5.74, 6) is -0.140. The Morgan fingerprint density at radius 1 is 1.10 bits per heavy atom. The van der Waals surface area contributed by atoms with Gasteiger partial charge in [0.15, 0.2) is 0 Å². The molecule has 1 saturated carbocycles. The van der Waals surface area contributed by atoms with E-state index in [0.717, 1.165) is 25.8 Å². The zero-order valence-electron chi connectivity index (χ0n) is 13.8. The van der Waals surface area contributed by atoms with Crippen molar-refractivity contribution in [2.75, 3.05) is 33.3 Å². The molecular weight excluding hydrogens is 268 g/mol. The van der Waals surface area contributed by atoms with Gasteiger partial charge >= 0.3 is 5.97 Å². The van der Waals surface area contributed by atoms with Gasteiger partial charge in [0.05, 0.1) is 19.7 Å². The summed E-state index contributed by atoms with van der Waals surface area (Å²) >= 11 is 0. The Bertz CT molecular complexity index is 327. The second kappa shape index (κ2) is 9.77. The van der Waals surface area contributed by atoms with Gasteiger partial charge in [-0.3, -0.25) is 14.5 Å². The Balaban J connectivity index is 2.48. The normalized spacial score (nSPS) is 16.0. The Morgan fingerprint density at radius 3 is 2.33 bits per heavy atom.